The van der Waals surface area contributed by atoms with Gasteiger partial charge in [-0.3, -0.25) is 9.59 Å². The van der Waals surface area contributed by atoms with Crippen LogP contribution in [0.25, 0.3) is 6.08 Å². The SMILES string of the molecule is CC(=O)c1ccc(/C=C/C(c2cc(Cl)c(Cl)c(Cl)c2)C(F)(F)F)cc1.CNC(=O)CC#N. The molecule has 0 aliphatic carbocycles. The highest BCUT2D eigenvalue weighted by atomic mass is 35.5. The average Bonchev–Trinajstić information content (AvgIpc) is 2.72. The number of carbonyl (C=O) groups is 2. The number of Topliss-reactive ketones (excluding diaryl/α,β-unsaturated/α-hetero) is 1. The van der Waals surface area contributed by atoms with Crippen molar-refractivity contribution < 1.29 is 22.8 Å². The Kier molecular flexibility index (Phi) is 10.7. The van der Waals surface area contributed by atoms with Crippen LogP contribution in [-0.2, 0) is 4.79 Å². The molecule has 0 aliphatic heterocycles. The Balaban J connectivity index is 0.000000633. The summed E-state index contributed by atoms with van der Waals surface area (Å²) >= 11 is 17.5. The van der Waals surface area contributed by atoms with Crippen molar-refractivity contribution in [3.8, 4) is 6.07 Å². The minimum absolute atomic E-state index is 0.0109. The lowest BCUT2D eigenvalue weighted by Gasteiger charge is -2.18. The standard InChI is InChI=1S/C18H12Cl3F3O.C4H6N2O/c1-10(25)12-5-2-11(3-6-12)4-7-14(18(22,23)24)13-8-15(19)17(21)16(20)9-13;1-6-4(7)2-3-5/h2-9,14H,1H3;2H2,1H3,(H,6,7)/b7-4+;. The van der Waals surface area contributed by atoms with Crippen molar-refractivity contribution in [2.24, 2.45) is 0 Å². The molecule has 1 atom stereocenters. The lowest BCUT2D eigenvalue weighted by atomic mass is 9.97. The Morgan fingerprint density at radius 3 is 2.03 bits per heavy atom. The highest BCUT2D eigenvalue weighted by Crippen LogP contribution is 2.41. The summed E-state index contributed by atoms with van der Waals surface area (Å²) in [6, 6.07) is 10.3. The molecule has 2 rings (SSSR count). The number of allylic oxidation sites excluding steroid dienone is 1. The third kappa shape index (κ3) is 8.54. The number of benzene rings is 2. The van der Waals surface area contributed by atoms with E-state index in [0.29, 0.717) is 11.1 Å². The molecule has 1 N–H and O–H groups in total. The van der Waals surface area contributed by atoms with E-state index >= 15 is 0 Å². The first-order valence-corrected chi connectivity index (χ1v) is 10.1. The van der Waals surface area contributed by atoms with Crippen molar-refractivity contribution in [1.82, 2.24) is 5.32 Å². The first-order valence-electron chi connectivity index (χ1n) is 8.98. The van der Waals surface area contributed by atoms with Crippen LogP contribution in [-0.4, -0.2) is 24.9 Å². The predicted octanol–water partition coefficient (Wildman–Crippen LogP) is 6.85. The minimum atomic E-state index is -4.53. The van der Waals surface area contributed by atoms with E-state index in [4.69, 9.17) is 40.1 Å². The van der Waals surface area contributed by atoms with E-state index in [9.17, 15) is 22.8 Å². The molecule has 1 unspecified atom stereocenters. The summed E-state index contributed by atoms with van der Waals surface area (Å²) in [4.78, 5) is 21.3. The van der Waals surface area contributed by atoms with Gasteiger partial charge in [-0.15, -0.1) is 0 Å². The second kappa shape index (κ2) is 12.5. The minimum Gasteiger partial charge on any atom is -0.358 e. The third-order valence-electron chi connectivity index (χ3n) is 4.03. The zero-order valence-electron chi connectivity index (χ0n) is 16.9. The van der Waals surface area contributed by atoms with Gasteiger partial charge in [0, 0.05) is 12.6 Å². The fraction of sp³-hybridized carbons (Fsp3) is 0.227. The van der Waals surface area contributed by atoms with E-state index in [1.54, 1.807) is 30.3 Å². The number of nitrogens with one attached hydrogen (secondary N) is 1. The van der Waals surface area contributed by atoms with Crippen LogP contribution < -0.4 is 5.32 Å². The lowest BCUT2D eigenvalue weighted by molar-refractivity contribution is -0.139. The number of hydrogen-bond acceptors (Lipinski definition) is 3. The van der Waals surface area contributed by atoms with E-state index in [0.717, 1.165) is 18.2 Å². The summed E-state index contributed by atoms with van der Waals surface area (Å²) < 4.78 is 40.3. The molecular formula is C22H18Cl3F3N2O2. The molecule has 10 heteroatoms. The largest absolute Gasteiger partial charge is 0.399 e. The first-order chi connectivity index (χ1) is 14.9. The fourth-order valence-corrected chi connectivity index (χ4v) is 2.97. The molecule has 0 spiro atoms. The molecule has 0 fully saturated rings. The van der Waals surface area contributed by atoms with Crippen LogP contribution >= 0.6 is 34.8 Å². The second-order valence-corrected chi connectivity index (χ2v) is 7.56. The van der Waals surface area contributed by atoms with Crippen LogP contribution in [0.2, 0.25) is 15.1 Å². The zero-order valence-corrected chi connectivity index (χ0v) is 19.2. The summed E-state index contributed by atoms with van der Waals surface area (Å²) in [5.74, 6) is -2.25. The molecule has 170 valence electrons. The Hall–Kier alpha value is -2.53. The number of ketones is 1. The van der Waals surface area contributed by atoms with Crippen LogP contribution in [0, 0.1) is 11.3 Å². The van der Waals surface area contributed by atoms with Gasteiger partial charge in [0.05, 0.1) is 27.1 Å². The number of amides is 1. The van der Waals surface area contributed by atoms with Crippen LogP contribution in [0.1, 0.15) is 40.7 Å². The van der Waals surface area contributed by atoms with Crippen molar-refractivity contribution in [2.45, 2.75) is 25.4 Å². The van der Waals surface area contributed by atoms with E-state index in [1.807, 2.05) is 0 Å². The van der Waals surface area contributed by atoms with Crippen molar-refractivity contribution in [3.63, 3.8) is 0 Å². The predicted molar refractivity (Wildman–Crippen MR) is 120 cm³/mol. The number of carbonyl (C=O) groups excluding carboxylic acids is 2. The molecular weight excluding hydrogens is 488 g/mol. The Morgan fingerprint density at radius 1 is 1.12 bits per heavy atom. The highest BCUT2D eigenvalue weighted by molar-refractivity contribution is 6.48. The number of halogens is 6. The summed E-state index contributed by atoms with van der Waals surface area (Å²) in [5.41, 5.74) is 0.912. The molecule has 0 saturated carbocycles. The van der Waals surface area contributed by atoms with Crippen LogP contribution in [0.4, 0.5) is 13.2 Å². The molecule has 2 aromatic carbocycles. The number of rotatable bonds is 5. The van der Waals surface area contributed by atoms with Gasteiger partial charge in [-0.1, -0.05) is 71.2 Å². The van der Waals surface area contributed by atoms with Gasteiger partial charge in [0.2, 0.25) is 5.91 Å². The number of hydrogen-bond donors (Lipinski definition) is 1. The Bertz CT molecular complexity index is 1010. The lowest BCUT2D eigenvalue weighted by Crippen LogP contribution is -2.19. The summed E-state index contributed by atoms with van der Waals surface area (Å²) in [7, 11) is 1.50. The van der Waals surface area contributed by atoms with Gasteiger partial charge < -0.3 is 5.32 Å². The van der Waals surface area contributed by atoms with Gasteiger partial charge in [-0.25, -0.2) is 0 Å². The molecule has 0 radical (unpaired) electrons. The maximum Gasteiger partial charge on any atom is 0.399 e. The molecule has 2 aromatic rings. The quantitative estimate of drug-likeness (QED) is 0.357. The Morgan fingerprint density at radius 2 is 1.66 bits per heavy atom. The maximum absolute atomic E-state index is 13.4. The number of nitriles is 1. The van der Waals surface area contributed by atoms with Gasteiger partial charge in [-0.05, 0) is 30.2 Å². The van der Waals surface area contributed by atoms with Crippen LogP contribution in [0.15, 0.2) is 42.5 Å². The molecule has 0 aromatic heterocycles. The zero-order chi connectivity index (χ0) is 24.5. The normalized spacial score (nSPS) is 11.8. The fourth-order valence-electron chi connectivity index (χ4n) is 2.36. The molecule has 0 bridgehead atoms. The van der Waals surface area contributed by atoms with E-state index in [1.165, 1.54) is 20.0 Å². The van der Waals surface area contributed by atoms with Crippen molar-refractivity contribution in [2.75, 3.05) is 7.05 Å². The molecule has 1 amide bonds. The first kappa shape index (κ1) is 27.5. The highest BCUT2D eigenvalue weighted by Gasteiger charge is 2.39. The number of nitrogens with zero attached hydrogens (tertiary/aromatic N) is 1. The van der Waals surface area contributed by atoms with Gasteiger partial charge in [0.15, 0.2) is 5.78 Å². The van der Waals surface area contributed by atoms with Gasteiger partial charge in [0.25, 0.3) is 0 Å². The smallest absolute Gasteiger partial charge is 0.358 e. The van der Waals surface area contributed by atoms with Crippen LogP contribution in [0.3, 0.4) is 0 Å². The van der Waals surface area contributed by atoms with Gasteiger partial charge in [0.1, 0.15) is 6.42 Å². The molecule has 4 nitrogen and oxygen atoms in total. The van der Waals surface area contributed by atoms with Gasteiger partial charge in [-0.2, -0.15) is 18.4 Å². The van der Waals surface area contributed by atoms with Crippen molar-refractivity contribution in [3.05, 3.63) is 74.2 Å². The molecule has 0 heterocycles. The van der Waals surface area contributed by atoms with Crippen LogP contribution in [0.5, 0.6) is 0 Å². The summed E-state index contributed by atoms with van der Waals surface area (Å²) in [5, 5.41) is 10.1. The summed E-state index contributed by atoms with van der Waals surface area (Å²) in [6.07, 6.45) is -2.23. The molecule has 0 saturated heterocycles. The molecule has 32 heavy (non-hydrogen) atoms. The van der Waals surface area contributed by atoms with Crippen molar-refractivity contribution >= 4 is 52.6 Å². The average molecular weight is 506 g/mol. The monoisotopic (exact) mass is 504 g/mol. The Labute approximate surface area is 198 Å². The number of alkyl halides is 3. The second-order valence-electron chi connectivity index (χ2n) is 6.36. The van der Waals surface area contributed by atoms with Crippen molar-refractivity contribution in [1.29, 1.82) is 5.26 Å². The van der Waals surface area contributed by atoms with E-state index < -0.39 is 12.1 Å². The maximum atomic E-state index is 13.4. The van der Waals surface area contributed by atoms with E-state index in [-0.39, 0.29) is 38.7 Å². The van der Waals surface area contributed by atoms with Gasteiger partial charge >= 0.3 is 6.18 Å². The molecule has 0 aliphatic rings. The summed E-state index contributed by atoms with van der Waals surface area (Å²) in [6.45, 7) is 1.42. The topological polar surface area (TPSA) is 70.0 Å². The van der Waals surface area contributed by atoms with E-state index in [2.05, 4.69) is 5.32 Å². The third-order valence-corrected chi connectivity index (χ3v) is 5.23.